The Morgan fingerprint density at radius 2 is 0.675 bits per heavy atom. The molecule has 11 aromatic carbocycles. The van der Waals surface area contributed by atoms with Crippen molar-refractivity contribution in [3.8, 4) is 22.3 Å². The van der Waals surface area contributed by atoms with Crippen LogP contribution in [0.2, 0.25) is 0 Å². The Balaban J connectivity index is 0.837. The van der Waals surface area contributed by atoms with Crippen molar-refractivity contribution in [1.29, 1.82) is 0 Å². The van der Waals surface area contributed by atoms with E-state index in [1.54, 1.807) is 0 Å². The lowest BCUT2D eigenvalue weighted by atomic mass is 9.67. The summed E-state index contributed by atoms with van der Waals surface area (Å²) in [6.45, 7) is 4.31. The number of rotatable bonds is 9. The predicted molar refractivity (Wildman–Crippen MR) is 326 cm³/mol. The summed E-state index contributed by atoms with van der Waals surface area (Å²) in [5, 5.41) is 5.09. The van der Waals surface area contributed by atoms with E-state index in [2.05, 4.69) is 304 Å². The summed E-state index contributed by atoms with van der Waals surface area (Å²) in [6.07, 6.45) is 4.71. The maximum absolute atomic E-state index is 2.38. The second kappa shape index (κ2) is 18.4. The van der Waals surface area contributed by atoms with Crippen molar-refractivity contribution >= 4 is 66.9 Å². The first-order chi connectivity index (χ1) is 37.8. The summed E-state index contributed by atoms with van der Waals surface area (Å²) in [6, 6.07) is 95.0. The quantitative estimate of drug-likeness (QED) is 0.128. The molecule has 366 valence electrons. The van der Waals surface area contributed by atoms with Crippen LogP contribution in [-0.4, -0.2) is 9.13 Å². The summed E-state index contributed by atoms with van der Waals surface area (Å²) in [5.74, 6) is 0. The van der Waals surface area contributed by atoms with E-state index in [-0.39, 0.29) is 0 Å². The molecule has 1 aliphatic carbocycles. The maximum atomic E-state index is 2.38. The number of aryl methyl sites for hydroxylation is 4. The maximum Gasteiger partial charge on any atom is 0.0713 e. The first kappa shape index (κ1) is 46.1. The van der Waals surface area contributed by atoms with Gasteiger partial charge in [-0.1, -0.05) is 230 Å². The highest BCUT2D eigenvalue weighted by Crippen LogP contribution is 2.56. The molecule has 0 saturated carbocycles. The van der Waals surface area contributed by atoms with E-state index in [9.17, 15) is 0 Å². The lowest BCUT2D eigenvalue weighted by molar-refractivity contribution is 0.768. The lowest BCUT2D eigenvalue weighted by Gasteiger charge is -2.34. The van der Waals surface area contributed by atoms with Crippen molar-refractivity contribution in [3.05, 3.63) is 322 Å². The summed E-state index contributed by atoms with van der Waals surface area (Å²) in [4.78, 5) is 0. The van der Waals surface area contributed by atoms with E-state index in [0.717, 1.165) is 11.1 Å². The van der Waals surface area contributed by atoms with E-state index in [4.69, 9.17) is 0 Å². The molecule has 0 aliphatic heterocycles. The summed E-state index contributed by atoms with van der Waals surface area (Å²) in [7, 11) is 4.33. The molecule has 77 heavy (non-hydrogen) atoms. The third-order valence-electron chi connectivity index (χ3n) is 16.7. The molecule has 0 radical (unpaired) electrons. The number of para-hydroxylation sites is 2. The van der Waals surface area contributed by atoms with E-state index in [1.165, 1.54) is 133 Å². The van der Waals surface area contributed by atoms with Crippen LogP contribution in [0.15, 0.2) is 255 Å². The van der Waals surface area contributed by atoms with Gasteiger partial charge in [0.15, 0.2) is 0 Å². The number of hydrogen-bond acceptors (Lipinski definition) is 0. The molecule has 0 amide bonds. The molecular weight excluding hydrogens is 929 g/mol. The molecule has 2 aromatic heterocycles. The molecule has 0 spiro atoms. The van der Waals surface area contributed by atoms with Crippen LogP contribution >= 0.6 is 0 Å². The molecule has 0 fully saturated rings. The summed E-state index contributed by atoms with van der Waals surface area (Å²) >= 11 is 0. The zero-order chi connectivity index (χ0) is 51.8. The summed E-state index contributed by atoms with van der Waals surface area (Å²) in [5.41, 5.74) is 26.5. The SMILES string of the molecule is Cc1ccc(/C(=C\c2ccc(-c3ccc(C4(c5ccc(/C=C(\c6ccc(C)cc6)c6ccc7c(c6)c6ccccc6n7C)cc5)c5ccccc5-c5ccccc54)cc3)cc2)c2ccc3c(c2)c2ccccc2n3C)cc1. The predicted octanol–water partition coefficient (Wildman–Crippen LogP) is 18.8. The van der Waals surface area contributed by atoms with E-state index in [1.807, 2.05) is 0 Å². The first-order valence-corrected chi connectivity index (χ1v) is 26.8. The molecule has 14 rings (SSSR count). The molecule has 0 unspecified atom stereocenters. The highest BCUT2D eigenvalue weighted by Gasteiger charge is 2.45. The van der Waals surface area contributed by atoms with Crippen LogP contribution in [0.4, 0.5) is 0 Å². The van der Waals surface area contributed by atoms with Crippen molar-refractivity contribution in [3.63, 3.8) is 0 Å². The van der Waals surface area contributed by atoms with Gasteiger partial charge in [0.25, 0.3) is 0 Å². The number of hydrogen-bond donors (Lipinski definition) is 0. The highest BCUT2D eigenvalue weighted by molar-refractivity contribution is 6.11. The Morgan fingerprint density at radius 1 is 0.325 bits per heavy atom. The molecule has 2 heteroatoms. The van der Waals surface area contributed by atoms with Gasteiger partial charge in [-0.05, 0) is 151 Å². The minimum Gasteiger partial charge on any atom is -0.344 e. The van der Waals surface area contributed by atoms with Gasteiger partial charge in [-0.3, -0.25) is 0 Å². The zero-order valence-electron chi connectivity index (χ0n) is 43.8. The molecular formula is C75H56N2. The fourth-order valence-electron chi connectivity index (χ4n) is 12.7. The number of benzene rings is 11. The average molecular weight is 985 g/mol. The first-order valence-electron chi connectivity index (χ1n) is 26.8. The van der Waals surface area contributed by atoms with Gasteiger partial charge >= 0.3 is 0 Å². The number of aromatic nitrogens is 2. The Kier molecular flexibility index (Phi) is 11.0. The van der Waals surface area contributed by atoms with Gasteiger partial charge in [-0.25, -0.2) is 0 Å². The van der Waals surface area contributed by atoms with Gasteiger partial charge in [0.2, 0.25) is 0 Å². The third-order valence-corrected chi connectivity index (χ3v) is 16.7. The number of fused-ring (bicyclic) bond motifs is 9. The highest BCUT2D eigenvalue weighted by atomic mass is 14.9. The average Bonchev–Trinajstić information content (AvgIpc) is 4.30. The molecule has 1 aliphatic rings. The molecule has 2 heterocycles. The molecule has 0 atom stereocenters. The second-order valence-corrected chi connectivity index (χ2v) is 21.1. The van der Waals surface area contributed by atoms with Gasteiger partial charge in [0, 0.05) is 57.7 Å². The van der Waals surface area contributed by atoms with Crippen LogP contribution in [0.5, 0.6) is 0 Å². The van der Waals surface area contributed by atoms with Crippen LogP contribution in [0, 0.1) is 13.8 Å². The van der Waals surface area contributed by atoms with Crippen LogP contribution in [0.3, 0.4) is 0 Å². The van der Waals surface area contributed by atoms with E-state index < -0.39 is 5.41 Å². The van der Waals surface area contributed by atoms with Gasteiger partial charge < -0.3 is 9.13 Å². The lowest BCUT2D eigenvalue weighted by Crippen LogP contribution is -2.28. The zero-order valence-corrected chi connectivity index (χ0v) is 43.8. The van der Waals surface area contributed by atoms with Crippen LogP contribution < -0.4 is 0 Å². The molecule has 13 aromatic rings. The minimum absolute atomic E-state index is 0.525. The Morgan fingerprint density at radius 3 is 1.13 bits per heavy atom. The van der Waals surface area contributed by atoms with Gasteiger partial charge in [0.05, 0.1) is 5.41 Å². The monoisotopic (exact) mass is 984 g/mol. The van der Waals surface area contributed by atoms with E-state index >= 15 is 0 Å². The smallest absolute Gasteiger partial charge is 0.0713 e. The molecule has 0 saturated heterocycles. The molecule has 2 nitrogen and oxygen atoms in total. The van der Waals surface area contributed by atoms with Crippen molar-refractivity contribution in [2.24, 2.45) is 14.1 Å². The van der Waals surface area contributed by atoms with Crippen molar-refractivity contribution in [2.45, 2.75) is 19.3 Å². The van der Waals surface area contributed by atoms with Crippen LogP contribution in [0.25, 0.3) is 89.2 Å². The molecule has 0 N–H and O–H groups in total. The standard InChI is InChI=1S/C75H56N2/c1-49-21-29-55(30-22-49)65(57-37-43-73-67(47-57)63-15-7-11-19-71(63)76(73)3)45-51-25-33-53(34-26-51)54-35-41-60(42-36-54)75(69-17-9-5-13-61(69)62-14-6-10-18-70(62)75)59-39-27-52(28-40-59)46-66(56-31-23-50(2)24-32-56)58-38-44-74-68(48-58)64-16-8-12-20-72(64)77(74)4/h5-48H,1-4H3/b65-45+,66-46+. The van der Waals surface area contributed by atoms with Crippen LogP contribution in [-0.2, 0) is 19.5 Å². The summed E-state index contributed by atoms with van der Waals surface area (Å²) < 4.78 is 4.60. The van der Waals surface area contributed by atoms with E-state index in [0.29, 0.717) is 0 Å². The normalized spacial score (nSPS) is 13.2. The fourth-order valence-corrected chi connectivity index (χ4v) is 12.7. The Hall–Kier alpha value is -9.50. The number of nitrogens with zero attached hydrogens (tertiary/aromatic N) is 2. The van der Waals surface area contributed by atoms with Gasteiger partial charge in [-0.15, -0.1) is 0 Å². The van der Waals surface area contributed by atoms with Crippen molar-refractivity contribution in [2.75, 3.05) is 0 Å². The molecule has 0 bridgehead atoms. The minimum atomic E-state index is -0.525. The topological polar surface area (TPSA) is 9.86 Å². The second-order valence-electron chi connectivity index (χ2n) is 21.1. The fraction of sp³-hybridized carbons (Fsp3) is 0.0667. The Bertz CT molecular complexity index is 4440. The third kappa shape index (κ3) is 7.62. The van der Waals surface area contributed by atoms with Crippen LogP contribution in [0.1, 0.15) is 66.8 Å². The largest absolute Gasteiger partial charge is 0.344 e. The van der Waals surface area contributed by atoms with Gasteiger partial charge in [-0.2, -0.15) is 0 Å². The Labute approximate surface area is 450 Å². The van der Waals surface area contributed by atoms with Crippen molar-refractivity contribution in [1.82, 2.24) is 9.13 Å². The van der Waals surface area contributed by atoms with Crippen molar-refractivity contribution < 1.29 is 0 Å². The van der Waals surface area contributed by atoms with Gasteiger partial charge in [0.1, 0.15) is 0 Å².